The second-order valence-corrected chi connectivity index (χ2v) is 9.63. The fourth-order valence-electron chi connectivity index (χ4n) is 5.21. The number of urea groups is 1. The molecule has 7 heteroatoms. The molecule has 2 N–H and O–H groups in total. The minimum Gasteiger partial charge on any atom is -0.469 e. The van der Waals surface area contributed by atoms with Crippen LogP contribution in [-0.4, -0.2) is 11.8 Å². The first-order valence-corrected chi connectivity index (χ1v) is 12.5. The van der Waals surface area contributed by atoms with Crippen LogP contribution < -0.4 is 15.5 Å². The molecule has 2 unspecified atom stereocenters. The van der Waals surface area contributed by atoms with Gasteiger partial charge in [0.15, 0.2) is 5.78 Å². The number of rotatable bonds is 3. The maximum absolute atomic E-state index is 14.0. The number of carbonyl (C=O) groups excluding carboxylic acids is 2. The molecule has 2 aliphatic rings. The third kappa shape index (κ3) is 4.41. The van der Waals surface area contributed by atoms with Crippen molar-refractivity contribution in [1.29, 1.82) is 0 Å². The van der Waals surface area contributed by atoms with E-state index >= 15 is 0 Å². The first-order chi connectivity index (χ1) is 18.1. The van der Waals surface area contributed by atoms with E-state index in [4.69, 9.17) is 16.0 Å². The molecule has 2 atom stereocenters. The molecule has 2 heterocycles. The van der Waals surface area contributed by atoms with E-state index in [-0.39, 0.29) is 17.7 Å². The van der Waals surface area contributed by atoms with E-state index in [1.165, 1.54) is 0 Å². The highest BCUT2D eigenvalue weighted by Gasteiger charge is 2.42. The lowest BCUT2D eigenvalue weighted by molar-refractivity contribution is -0.116. The lowest BCUT2D eigenvalue weighted by Gasteiger charge is -2.34. The zero-order chi connectivity index (χ0) is 25.4. The van der Waals surface area contributed by atoms with Gasteiger partial charge < -0.3 is 15.1 Å². The molecule has 6 rings (SSSR count). The van der Waals surface area contributed by atoms with Gasteiger partial charge in [0.2, 0.25) is 0 Å². The van der Waals surface area contributed by atoms with Gasteiger partial charge in [-0.3, -0.25) is 9.69 Å². The van der Waals surface area contributed by atoms with Crippen LogP contribution in [0.4, 0.5) is 21.9 Å². The van der Waals surface area contributed by atoms with E-state index in [9.17, 15) is 9.59 Å². The van der Waals surface area contributed by atoms with Crippen molar-refractivity contribution in [3.63, 3.8) is 0 Å². The minimum atomic E-state index is -0.621. The number of benzene rings is 3. The normalized spacial score (nSPS) is 18.9. The van der Waals surface area contributed by atoms with Crippen molar-refractivity contribution in [2.24, 2.45) is 0 Å². The summed E-state index contributed by atoms with van der Waals surface area (Å²) >= 11 is 6.05. The predicted molar refractivity (Wildman–Crippen MR) is 145 cm³/mol. The number of Topliss-reactive ketones (excluding diaryl/α,β-unsaturated/α-hetero) is 1. The summed E-state index contributed by atoms with van der Waals surface area (Å²) in [6.07, 6.45) is 2.54. The molecule has 6 nitrogen and oxygen atoms in total. The Bertz CT molecular complexity index is 1480. The topological polar surface area (TPSA) is 74.6 Å². The number of ketones is 1. The Morgan fingerprint density at radius 2 is 1.68 bits per heavy atom. The number of furan rings is 1. The summed E-state index contributed by atoms with van der Waals surface area (Å²) in [5, 5.41) is 7.10. The van der Waals surface area contributed by atoms with Crippen LogP contribution in [0.5, 0.6) is 0 Å². The molecule has 1 aliphatic heterocycles. The summed E-state index contributed by atoms with van der Waals surface area (Å²) < 4.78 is 5.66. The smallest absolute Gasteiger partial charge is 0.327 e. The second kappa shape index (κ2) is 9.64. The molecule has 0 bridgehead atoms. The Labute approximate surface area is 219 Å². The number of fused-ring (bicyclic) bond motifs is 1. The maximum atomic E-state index is 14.0. The minimum absolute atomic E-state index is 0.0129. The number of anilines is 3. The summed E-state index contributed by atoms with van der Waals surface area (Å²) in [7, 11) is 0. The summed E-state index contributed by atoms with van der Waals surface area (Å²) in [6.45, 7) is 0. The van der Waals surface area contributed by atoms with Gasteiger partial charge in [0.05, 0.1) is 23.7 Å². The van der Waals surface area contributed by atoms with Crippen molar-refractivity contribution in [1.82, 2.24) is 0 Å². The Morgan fingerprint density at radius 3 is 2.43 bits per heavy atom. The van der Waals surface area contributed by atoms with Gasteiger partial charge >= 0.3 is 6.03 Å². The van der Waals surface area contributed by atoms with Crippen LogP contribution in [0.2, 0.25) is 5.02 Å². The van der Waals surface area contributed by atoms with Gasteiger partial charge in [-0.2, -0.15) is 0 Å². The van der Waals surface area contributed by atoms with Gasteiger partial charge in [0.1, 0.15) is 5.76 Å². The van der Waals surface area contributed by atoms with Crippen molar-refractivity contribution in [3.05, 3.63) is 125 Å². The van der Waals surface area contributed by atoms with Gasteiger partial charge in [-0.25, -0.2) is 4.79 Å². The standard InChI is InChI=1S/C30H24ClN3O3/c31-21-12-14-22(15-13-21)32-30(36)34-25-10-5-4-9-23(25)33-24-17-20(27-11-6-16-37-27)18-26(35)28(24)29(34)19-7-2-1-3-8-19/h1-16,20,29,33H,17-18H2,(H,32,36). The molecule has 0 saturated carbocycles. The molecule has 0 saturated heterocycles. The SMILES string of the molecule is O=C1CC(c2ccco2)CC2=C1C(c1ccccc1)N(C(=O)Nc1ccc(Cl)cc1)c1ccccc1N2. The number of nitrogens with one attached hydrogen (secondary N) is 2. The summed E-state index contributed by atoms with van der Waals surface area (Å²) in [6, 6.07) is 27.1. The van der Waals surface area contributed by atoms with E-state index in [2.05, 4.69) is 10.6 Å². The second-order valence-electron chi connectivity index (χ2n) is 9.20. The predicted octanol–water partition coefficient (Wildman–Crippen LogP) is 7.54. The molecule has 1 aliphatic carbocycles. The summed E-state index contributed by atoms with van der Waals surface area (Å²) in [4.78, 5) is 29.5. The van der Waals surface area contributed by atoms with Gasteiger partial charge in [-0.1, -0.05) is 54.1 Å². The maximum Gasteiger partial charge on any atom is 0.327 e. The number of halogens is 1. The monoisotopic (exact) mass is 509 g/mol. The Kier molecular flexibility index (Phi) is 6.02. The van der Waals surface area contributed by atoms with Crippen molar-refractivity contribution in [2.75, 3.05) is 15.5 Å². The Morgan fingerprint density at radius 1 is 0.919 bits per heavy atom. The number of hydrogen-bond donors (Lipinski definition) is 2. The molecule has 3 aromatic carbocycles. The lowest BCUT2D eigenvalue weighted by Crippen LogP contribution is -2.41. The lowest BCUT2D eigenvalue weighted by atomic mass is 9.80. The fraction of sp³-hybridized carbons (Fsp3) is 0.133. The molecule has 0 spiro atoms. The highest BCUT2D eigenvalue weighted by Crippen LogP contribution is 2.47. The van der Waals surface area contributed by atoms with Crippen molar-refractivity contribution in [2.45, 2.75) is 24.8 Å². The van der Waals surface area contributed by atoms with Crippen LogP contribution in [0.1, 0.15) is 36.1 Å². The number of allylic oxidation sites excluding steroid dienone is 1. The van der Waals surface area contributed by atoms with Crippen LogP contribution in [0.25, 0.3) is 0 Å². The van der Waals surface area contributed by atoms with Crippen molar-refractivity contribution in [3.8, 4) is 0 Å². The molecular formula is C30H24ClN3O3. The van der Waals surface area contributed by atoms with E-state index in [1.807, 2.05) is 66.7 Å². The van der Waals surface area contributed by atoms with Gasteiger partial charge in [0.25, 0.3) is 0 Å². The molecule has 4 aromatic rings. The van der Waals surface area contributed by atoms with Crippen LogP contribution >= 0.6 is 11.6 Å². The summed E-state index contributed by atoms with van der Waals surface area (Å²) in [5.74, 6) is 0.695. The summed E-state index contributed by atoms with van der Waals surface area (Å²) in [5.41, 5.74) is 4.30. The van der Waals surface area contributed by atoms with Gasteiger partial charge in [-0.15, -0.1) is 0 Å². The number of amides is 2. The third-order valence-corrected chi connectivity index (χ3v) is 7.12. The number of carbonyl (C=O) groups is 2. The van der Waals surface area contributed by atoms with Crippen molar-refractivity contribution >= 4 is 40.5 Å². The van der Waals surface area contributed by atoms with Gasteiger partial charge in [0, 0.05) is 34.3 Å². The van der Waals surface area contributed by atoms with Crippen LogP contribution in [-0.2, 0) is 4.79 Å². The van der Waals surface area contributed by atoms with Crippen LogP contribution in [0.15, 0.2) is 113 Å². The first kappa shape index (κ1) is 23.1. The van der Waals surface area contributed by atoms with Crippen LogP contribution in [0, 0.1) is 0 Å². The zero-order valence-corrected chi connectivity index (χ0v) is 20.6. The number of nitrogens with zero attached hydrogens (tertiary/aromatic N) is 1. The zero-order valence-electron chi connectivity index (χ0n) is 19.9. The average Bonchev–Trinajstić information content (AvgIpc) is 3.40. The molecule has 2 amide bonds. The number of hydrogen-bond acceptors (Lipinski definition) is 4. The van der Waals surface area contributed by atoms with E-state index in [0.29, 0.717) is 34.8 Å². The Balaban J connectivity index is 1.50. The highest BCUT2D eigenvalue weighted by atomic mass is 35.5. The molecule has 184 valence electrons. The molecule has 0 fully saturated rings. The van der Waals surface area contributed by atoms with E-state index < -0.39 is 6.04 Å². The highest BCUT2D eigenvalue weighted by molar-refractivity contribution is 6.30. The quantitative estimate of drug-likeness (QED) is 0.299. The molecule has 37 heavy (non-hydrogen) atoms. The van der Waals surface area contributed by atoms with Crippen LogP contribution in [0.3, 0.4) is 0 Å². The number of para-hydroxylation sites is 2. The molecule has 0 radical (unpaired) electrons. The third-order valence-electron chi connectivity index (χ3n) is 6.86. The average molecular weight is 510 g/mol. The first-order valence-electron chi connectivity index (χ1n) is 12.1. The molecular weight excluding hydrogens is 486 g/mol. The van der Waals surface area contributed by atoms with E-state index in [0.717, 1.165) is 22.7 Å². The van der Waals surface area contributed by atoms with E-state index in [1.54, 1.807) is 35.4 Å². The largest absolute Gasteiger partial charge is 0.469 e. The fourth-order valence-corrected chi connectivity index (χ4v) is 5.33. The van der Waals surface area contributed by atoms with Crippen molar-refractivity contribution < 1.29 is 14.0 Å². The van der Waals surface area contributed by atoms with Gasteiger partial charge in [-0.05, 0) is 60.5 Å². The molecule has 1 aromatic heterocycles. The Hall–Kier alpha value is -4.29.